The number of terminal acetylenes is 1. The molecule has 0 rings (SSSR count). The molecule has 0 heterocycles. The summed E-state index contributed by atoms with van der Waals surface area (Å²) in [5.74, 6) is 1.08. The molecule has 0 spiro atoms. The topological polar surface area (TPSA) is 78.4 Å². The van der Waals surface area contributed by atoms with Crippen molar-refractivity contribution >= 4 is 23.8 Å². The van der Waals surface area contributed by atoms with Crippen LogP contribution in [0.2, 0.25) is 0 Å². The smallest absolute Gasteiger partial charge is 0.327 e. The number of aliphatic carboxylic acids is 1. The lowest BCUT2D eigenvalue weighted by Gasteiger charge is -2.13. The number of carboxylic acids is 1. The van der Waals surface area contributed by atoms with Crippen molar-refractivity contribution in [3.05, 3.63) is 0 Å². The molecule has 2 unspecified atom stereocenters. The van der Waals surface area contributed by atoms with Crippen molar-refractivity contribution in [2.75, 3.05) is 12.8 Å². The van der Waals surface area contributed by atoms with Gasteiger partial charge in [0.1, 0.15) is 6.04 Å². The van der Waals surface area contributed by atoms with Crippen LogP contribution < -0.4 is 10.6 Å². The van der Waals surface area contributed by atoms with Gasteiger partial charge in [0, 0.05) is 18.2 Å². The molecule has 0 saturated heterocycles. The summed E-state index contributed by atoms with van der Waals surface area (Å²) >= 11 is 1.71. The third-order valence-electron chi connectivity index (χ3n) is 2.16. The highest BCUT2D eigenvalue weighted by Crippen LogP contribution is 2.07. The van der Waals surface area contributed by atoms with Gasteiger partial charge in [-0.05, 0) is 12.7 Å². The molecule has 0 aliphatic carbocycles. The Hall–Kier alpha value is -1.35. The van der Waals surface area contributed by atoms with E-state index in [0.29, 0.717) is 11.8 Å². The maximum Gasteiger partial charge on any atom is 0.327 e. The van der Waals surface area contributed by atoms with E-state index in [4.69, 9.17) is 11.5 Å². The van der Waals surface area contributed by atoms with Crippen molar-refractivity contribution in [3.63, 3.8) is 0 Å². The molecular weight excluding hydrogens is 240 g/mol. The molecule has 0 aliphatic rings. The van der Waals surface area contributed by atoms with Crippen molar-refractivity contribution < 1.29 is 14.7 Å². The number of carboxylic acid groups (broad SMARTS) is 1. The largest absolute Gasteiger partial charge is 0.480 e. The minimum Gasteiger partial charge on any atom is -0.480 e. The van der Waals surface area contributed by atoms with Crippen LogP contribution in [0, 0.1) is 12.3 Å². The van der Waals surface area contributed by atoms with Crippen molar-refractivity contribution in [1.29, 1.82) is 0 Å². The van der Waals surface area contributed by atoms with E-state index in [1.54, 1.807) is 11.8 Å². The average molecular weight is 258 g/mol. The first kappa shape index (κ1) is 15.7. The van der Waals surface area contributed by atoms with Gasteiger partial charge in [0.05, 0.1) is 0 Å². The fourth-order valence-corrected chi connectivity index (χ4v) is 1.39. The van der Waals surface area contributed by atoms with Crippen LogP contribution in [0.1, 0.15) is 19.8 Å². The molecule has 0 bridgehead atoms. The Bertz CT molecular complexity index is 302. The van der Waals surface area contributed by atoms with E-state index in [2.05, 4.69) is 23.5 Å². The van der Waals surface area contributed by atoms with Crippen molar-refractivity contribution in [2.24, 2.45) is 0 Å². The highest BCUT2D eigenvalue weighted by atomic mass is 32.2. The second-order valence-electron chi connectivity index (χ2n) is 3.53. The number of thioether (sulfide) groups is 1. The number of carbonyl (C=O) groups is 2. The summed E-state index contributed by atoms with van der Waals surface area (Å²) in [5.41, 5.74) is 0. The summed E-state index contributed by atoms with van der Waals surface area (Å²) in [6, 6.07) is -1.53. The number of hydrogen-bond acceptors (Lipinski definition) is 3. The van der Waals surface area contributed by atoms with Gasteiger partial charge in [-0.1, -0.05) is 6.92 Å². The van der Waals surface area contributed by atoms with Crippen LogP contribution in [-0.2, 0) is 4.79 Å². The molecule has 6 heteroatoms. The van der Waals surface area contributed by atoms with E-state index < -0.39 is 18.0 Å². The first-order valence-corrected chi connectivity index (χ1v) is 6.53. The van der Waals surface area contributed by atoms with E-state index in [0.717, 1.165) is 6.42 Å². The van der Waals surface area contributed by atoms with Gasteiger partial charge in [0.15, 0.2) is 0 Å². The SMILES string of the molecule is C#CCC(NC(=O)NCCC(C)SC)C(=O)O. The third-order valence-corrected chi connectivity index (χ3v) is 3.20. The molecule has 5 nitrogen and oxygen atoms in total. The summed E-state index contributed by atoms with van der Waals surface area (Å²) in [7, 11) is 0. The number of urea groups is 1. The Morgan fingerprint density at radius 3 is 2.65 bits per heavy atom. The lowest BCUT2D eigenvalue weighted by Crippen LogP contribution is -2.46. The number of rotatable bonds is 7. The van der Waals surface area contributed by atoms with Crippen LogP contribution in [0.15, 0.2) is 0 Å². The molecule has 0 aliphatic heterocycles. The van der Waals surface area contributed by atoms with Gasteiger partial charge in [-0.3, -0.25) is 0 Å². The Labute approximate surface area is 106 Å². The van der Waals surface area contributed by atoms with Gasteiger partial charge < -0.3 is 15.7 Å². The molecule has 3 N–H and O–H groups in total. The van der Waals surface area contributed by atoms with Crippen molar-refractivity contribution in [2.45, 2.75) is 31.1 Å². The van der Waals surface area contributed by atoms with Gasteiger partial charge in [0.2, 0.25) is 0 Å². The summed E-state index contributed by atoms with van der Waals surface area (Å²) in [6.45, 7) is 2.57. The van der Waals surface area contributed by atoms with E-state index in [1.165, 1.54) is 0 Å². The fourth-order valence-electron chi connectivity index (χ4n) is 1.03. The van der Waals surface area contributed by atoms with E-state index >= 15 is 0 Å². The minimum atomic E-state index is -1.13. The number of carbonyl (C=O) groups excluding carboxylic acids is 1. The molecule has 96 valence electrons. The van der Waals surface area contributed by atoms with E-state index in [-0.39, 0.29) is 6.42 Å². The molecule has 17 heavy (non-hydrogen) atoms. The third kappa shape index (κ3) is 7.53. The van der Waals surface area contributed by atoms with Crippen LogP contribution in [0.4, 0.5) is 4.79 Å². The second kappa shape index (κ2) is 8.76. The van der Waals surface area contributed by atoms with Crippen LogP contribution in [0.25, 0.3) is 0 Å². The zero-order valence-electron chi connectivity index (χ0n) is 10.0. The zero-order valence-corrected chi connectivity index (χ0v) is 10.8. The van der Waals surface area contributed by atoms with Crippen molar-refractivity contribution in [1.82, 2.24) is 10.6 Å². The number of hydrogen-bond donors (Lipinski definition) is 3. The summed E-state index contributed by atoms with van der Waals surface area (Å²) < 4.78 is 0. The normalized spacial score (nSPS) is 13.2. The van der Waals surface area contributed by atoms with Gasteiger partial charge in [0.25, 0.3) is 0 Å². The van der Waals surface area contributed by atoms with Crippen molar-refractivity contribution in [3.8, 4) is 12.3 Å². The van der Waals surface area contributed by atoms with Gasteiger partial charge in [-0.15, -0.1) is 12.3 Å². The van der Waals surface area contributed by atoms with Gasteiger partial charge in [-0.25, -0.2) is 9.59 Å². The quantitative estimate of drug-likeness (QED) is 0.593. The Morgan fingerprint density at radius 1 is 1.53 bits per heavy atom. The monoisotopic (exact) mass is 258 g/mol. The molecule has 0 saturated carbocycles. The van der Waals surface area contributed by atoms with Gasteiger partial charge in [-0.2, -0.15) is 11.8 Å². The number of nitrogens with one attached hydrogen (secondary N) is 2. The Kier molecular flexibility index (Phi) is 8.07. The molecule has 0 fully saturated rings. The average Bonchev–Trinajstić information content (AvgIpc) is 2.28. The molecule has 2 atom stereocenters. The number of amides is 2. The predicted octanol–water partition coefficient (Wildman–Crippen LogP) is 0.904. The second-order valence-corrected chi connectivity index (χ2v) is 4.81. The highest BCUT2D eigenvalue weighted by molar-refractivity contribution is 7.99. The predicted molar refractivity (Wildman–Crippen MR) is 69.0 cm³/mol. The molecular formula is C11H18N2O3S. The minimum absolute atomic E-state index is 0.0238. The molecule has 2 amide bonds. The maximum absolute atomic E-state index is 11.3. The fraction of sp³-hybridized carbons (Fsp3) is 0.636. The zero-order chi connectivity index (χ0) is 13.3. The molecule has 0 radical (unpaired) electrons. The van der Waals surface area contributed by atoms with Crippen LogP contribution in [0.3, 0.4) is 0 Å². The summed E-state index contributed by atoms with van der Waals surface area (Å²) in [4.78, 5) is 22.1. The van der Waals surface area contributed by atoms with E-state index in [9.17, 15) is 9.59 Å². The molecule has 0 aromatic rings. The first-order valence-electron chi connectivity index (χ1n) is 5.24. The van der Waals surface area contributed by atoms with Gasteiger partial charge >= 0.3 is 12.0 Å². The lowest BCUT2D eigenvalue weighted by molar-refractivity contribution is -0.139. The van der Waals surface area contributed by atoms with Crippen LogP contribution in [-0.4, -0.2) is 41.2 Å². The molecule has 0 aromatic heterocycles. The van der Waals surface area contributed by atoms with E-state index in [1.807, 2.05) is 6.26 Å². The summed E-state index contributed by atoms with van der Waals surface area (Å²) in [6.07, 6.45) is 7.82. The Morgan fingerprint density at radius 2 is 2.18 bits per heavy atom. The molecule has 0 aromatic carbocycles. The lowest BCUT2D eigenvalue weighted by atomic mass is 10.2. The maximum atomic E-state index is 11.3. The summed E-state index contributed by atoms with van der Waals surface area (Å²) in [5, 5.41) is 14.1. The standard InChI is InChI=1S/C11H18N2O3S/c1-4-5-9(10(14)15)13-11(16)12-7-6-8(2)17-3/h1,8-9H,5-7H2,2-3H3,(H,14,15)(H2,12,13,16). The first-order chi connectivity index (χ1) is 8.01. The van der Waals surface area contributed by atoms with Crippen LogP contribution in [0.5, 0.6) is 0 Å². The Balaban J connectivity index is 3.91. The highest BCUT2D eigenvalue weighted by Gasteiger charge is 2.18. The van der Waals surface area contributed by atoms with Crippen LogP contribution >= 0.6 is 11.8 Å².